The van der Waals surface area contributed by atoms with Crippen molar-refractivity contribution in [2.75, 3.05) is 19.8 Å². The van der Waals surface area contributed by atoms with E-state index in [2.05, 4.69) is 31.3 Å². The van der Waals surface area contributed by atoms with E-state index < -0.39 is 0 Å². The first kappa shape index (κ1) is 15.9. The Balaban J connectivity index is 1.85. The molecule has 1 N–H and O–H groups in total. The zero-order valence-corrected chi connectivity index (χ0v) is 13.2. The lowest BCUT2D eigenvalue weighted by molar-refractivity contribution is 0.215. The summed E-state index contributed by atoms with van der Waals surface area (Å²) in [6, 6.07) is 8.59. The van der Waals surface area contributed by atoms with Crippen LogP contribution in [0.4, 0.5) is 0 Å². The van der Waals surface area contributed by atoms with E-state index in [1.54, 1.807) is 0 Å². The third kappa shape index (κ3) is 5.43. The van der Waals surface area contributed by atoms with Gasteiger partial charge in [-0.05, 0) is 56.0 Å². The highest BCUT2D eigenvalue weighted by atomic mass is 16.5. The van der Waals surface area contributed by atoms with Gasteiger partial charge in [-0.1, -0.05) is 19.1 Å². The molecule has 1 aliphatic rings. The lowest BCUT2D eigenvalue weighted by atomic mass is 9.99. The van der Waals surface area contributed by atoms with Crippen LogP contribution in [0.3, 0.4) is 0 Å². The minimum Gasteiger partial charge on any atom is -0.501 e. The van der Waals surface area contributed by atoms with Gasteiger partial charge in [0.15, 0.2) is 0 Å². The number of aryl methyl sites for hydroxylation is 1. The maximum atomic E-state index is 5.88. The smallest absolute Gasteiger partial charge is 0.119 e. The summed E-state index contributed by atoms with van der Waals surface area (Å²) in [5, 5.41) is 3.61. The number of ether oxygens (including phenoxy) is 2. The van der Waals surface area contributed by atoms with Gasteiger partial charge in [0.1, 0.15) is 5.75 Å². The van der Waals surface area contributed by atoms with Crippen molar-refractivity contribution in [2.45, 2.75) is 45.6 Å². The molecule has 1 unspecified atom stereocenters. The fraction of sp³-hybridized carbons (Fsp3) is 0.556. The number of benzene rings is 1. The number of hydrogen-bond acceptors (Lipinski definition) is 3. The minimum atomic E-state index is 0.370. The molecule has 0 bridgehead atoms. The summed E-state index contributed by atoms with van der Waals surface area (Å²) in [5.41, 5.74) is 2.61. The molecule has 21 heavy (non-hydrogen) atoms. The molecule has 1 heterocycles. The summed E-state index contributed by atoms with van der Waals surface area (Å²) in [7, 11) is 0. The average molecular weight is 289 g/mol. The molecule has 1 atom stereocenters. The predicted octanol–water partition coefficient (Wildman–Crippen LogP) is 3.83. The zero-order valence-electron chi connectivity index (χ0n) is 13.2. The van der Waals surface area contributed by atoms with Crippen molar-refractivity contribution in [1.82, 2.24) is 5.32 Å². The van der Waals surface area contributed by atoms with Gasteiger partial charge in [0.05, 0.1) is 19.5 Å². The van der Waals surface area contributed by atoms with Gasteiger partial charge in [0, 0.05) is 12.5 Å². The van der Waals surface area contributed by atoms with Gasteiger partial charge in [0.25, 0.3) is 0 Å². The quantitative estimate of drug-likeness (QED) is 0.789. The Morgan fingerprint density at radius 2 is 2.29 bits per heavy atom. The third-order valence-corrected chi connectivity index (χ3v) is 3.72. The number of rotatable bonds is 8. The highest BCUT2D eigenvalue weighted by Gasteiger charge is 2.16. The summed E-state index contributed by atoms with van der Waals surface area (Å²) in [5.74, 6) is 0.957. The molecule has 1 aromatic rings. The van der Waals surface area contributed by atoms with Crippen LogP contribution in [0.2, 0.25) is 0 Å². The second-order valence-electron chi connectivity index (χ2n) is 5.63. The molecular weight excluding hydrogens is 262 g/mol. The van der Waals surface area contributed by atoms with E-state index >= 15 is 0 Å². The van der Waals surface area contributed by atoms with Crippen LogP contribution in [0.25, 0.3) is 0 Å². The molecule has 0 saturated carbocycles. The van der Waals surface area contributed by atoms with Crippen molar-refractivity contribution >= 4 is 0 Å². The Hall–Kier alpha value is -1.48. The molecule has 0 spiro atoms. The van der Waals surface area contributed by atoms with Crippen LogP contribution in [-0.2, 0) is 4.74 Å². The van der Waals surface area contributed by atoms with E-state index in [1.165, 1.54) is 11.1 Å². The fourth-order valence-electron chi connectivity index (χ4n) is 2.58. The largest absolute Gasteiger partial charge is 0.501 e. The van der Waals surface area contributed by atoms with Gasteiger partial charge in [0.2, 0.25) is 0 Å². The van der Waals surface area contributed by atoms with E-state index in [1.807, 2.05) is 18.4 Å². The van der Waals surface area contributed by atoms with Crippen LogP contribution < -0.4 is 10.1 Å². The third-order valence-electron chi connectivity index (χ3n) is 3.72. The van der Waals surface area contributed by atoms with Gasteiger partial charge in [-0.3, -0.25) is 0 Å². The number of nitrogens with one attached hydrogen (secondary N) is 1. The van der Waals surface area contributed by atoms with E-state index in [0.29, 0.717) is 6.04 Å². The van der Waals surface area contributed by atoms with Crippen LogP contribution in [0.1, 0.15) is 38.2 Å². The molecule has 0 radical (unpaired) electrons. The van der Waals surface area contributed by atoms with Gasteiger partial charge < -0.3 is 14.8 Å². The highest BCUT2D eigenvalue weighted by molar-refractivity contribution is 5.27. The fourth-order valence-corrected chi connectivity index (χ4v) is 2.58. The van der Waals surface area contributed by atoms with Gasteiger partial charge in [-0.25, -0.2) is 0 Å². The van der Waals surface area contributed by atoms with Crippen LogP contribution >= 0.6 is 0 Å². The van der Waals surface area contributed by atoms with Crippen LogP contribution in [0.5, 0.6) is 5.75 Å². The summed E-state index contributed by atoms with van der Waals surface area (Å²) >= 11 is 0. The molecule has 0 aromatic heterocycles. The second-order valence-corrected chi connectivity index (χ2v) is 5.63. The lowest BCUT2D eigenvalue weighted by Gasteiger charge is -2.24. The van der Waals surface area contributed by atoms with Gasteiger partial charge in [-0.15, -0.1) is 0 Å². The van der Waals surface area contributed by atoms with Crippen LogP contribution in [0.15, 0.2) is 36.1 Å². The lowest BCUT2D eigenvalue weighted by Crippen LogP contribution is -2.34. The van der Waals surface area contributed by atoms with Crippen molar-refractivity contribution in [1.29, 1.82) is 0 Å². The maximum absolute atomic E-state index is 5.88. The van der Waals surface area contributed by atoms with Gasteiger partial charge in [-0.2, -0.15) is 0 Å². The first-order valence-corrected chi connectivity index (χ1v) is 8.03. The summed E-state index contributed by atoms with van der Waals surface area (Å²) in [4.78, 5) is 0. The summed E-state index contributed by atoms with van der Waals surface area (Å²) in [6.45, 7) is 6.89. The van der Waals surface area contributed by atoms with Crippen molar-refractivity contribution in [3.8, 4) is 5.75 Å². The average Bonchev–Trinajstić information content (AvgIpc) is 2.51. The Morgan fingerprint density at radius 3 is 3.00 bits per heavy atom. The maximum Gasteiger partial charge on any atom is 0.119 e. The topological polar surface area (TPSA) is 30.5 Å². The normalized spacial score (nSPS) is 16.0. The molecule has 0 amide bonds. The molecule has 0 saturated heterocycles. The van der Waals surface area contributed by atoms with Gasteiger partial charge >= 0.3 is 0 Å². The van der Waals surface area contributed by atoms with E-state index in [0.717, 1.165) is 51.2 Å². The zero-order chi connectivity index (χ0) is 14.9. The molecule has 2 rings (SSSR count). The van der Waals surface area contributed by atoms with Crippen molar-refractivity contribution in [3.63, 3.8) is 0 Å². The molecule has 1 aliphatic heterocycles. The van der Waals surface area contributed by atoms with Crippen molar-refractivity contribution < 1.29 is 9.47 Å². The molecule has 1 aromatic carbocycles. The monoisotopic (exact) mass is 289 g/mol. The second kappa shape index (κ2) is 8.73. The van der Waals surface area contributed by atoms with Crippen LogP contribution in [0, 0.1) is 6.92 Å². The predicted molar refractivity (Wildman–Crippen MR) is 86.6 cm³/mol. The summed E-state index contributed by atoms with van der Waals surface area (Å²) in [6.07, 6.45) is 6.32. The van der Waals surface area contributed by atoms with Crippen molar-refractivity contribution in [3.05, 3.63) is 41.7 Å². The molecular formula is C18H27NO2. The number of hydrogen-bond donors (Lipinski definition) is 1. The molecule has 0 fully saturated rings. The first-order chi connectivity index (χ1) is 10.3. The van der Waals surface area contributed by atoms with E-state index in [9.17, 15) is 0 Å². The SMILES string of the molecule is CCCNC(CCOc1cccc(C)c1)C1=COCCC1. The Labute approximate surface area is 128 Å². The minimum absolute atomic E-state index is 0.370. The molecule has 0 aliphatic carbocycles. The standard InChI is InChI=1S/C18H27NO2/c1-3-10-19-18(16-7-5-11-20-14-16)9-12-21-17-8-4-6-15(2)13-17/h4,6,8,13-14,18-19H,3,5,7,9-12H2,1-2H3. The Morgan fingerprint density at radius 1 is 1.38 bits per heavy atom. The molecule has 3 heteroatoms. The van der Waals surface area contributed by atoms with Crippen LogP contribution in [-0.4, -0.2) is 25.8 Å². The van der Waals surface area contributed by atoms with E-state index in [-0.39, 0.29) is 0 Å². The Bertz CT molecular complexity index is 456. The van der Waals surface area contributed by atoms with E-state index in [4.69, 9.17) is 9.47 Å². The Kier molecular flexibility index (Phi) is 6.61. The highest BCUT2D eigenvalue weighted by Crippen LogP contribution is 2.19. The van der Waals surface area contributed by atoms with Crippen molar-refractivity contribution in [2.24, 2.45) is 0 Å². The summed E-state index contributed by atoms with van der Waals surface area (Å²) < 4.78 is 11.4. The molecule has 116 valence electrons. The first-order valence-electron chi connectivity index (χ1n) is 8.03. The molecule has 3 nitrogen and oxygen atoms in total.